The summed E-state index contributed by atoms with van der Waals surface area (Å²) in [5.41, 5.74) is 9.88. The van der Waals surface area contributed by atoms with Crippen LogP contribution >= 0.6 is 0 Å². The van der Waals surface area contributed by atoms with Gasteiger partial charge < -0.3 is 13.7 Å². The van der Waals surface area contributed by atoms with Crippen LogP contribution in [-0.4, -0.2) is 9.97 Å². The minimum Gasteiger partial charge on any atom is -0.436 e. The van der Waals surface area contributed by atoms with Gasteiger partial charge in [-0.05, 0) is 141 Å². The lowest BCUT2D eigenvalue weighted by Gasteiger charge is -2.26. The Morgan fingerprint density at radius 2 is 0.891 bits per heavy atom. The molecule has 0 amide bonds. The first-order valence-corrected chi connectivity index (χ1v) is 18.3. The van der Waals surface area contributed by atoms with Crippen LogP contribution in [0.15, 0.2) is 197 Å². The molecular formula is C50H31N3O2. The fourth-order valence-corrected chi connectivity index (χ4v) is 7.60. The van der Waals surface area contributed by atoms with E-state index in [9.17, 15) is 1.37 Å². The molecule has 0 saturated heterocycles. The van der Waals surface area contributed by atoms with Gasteiger partial charge in [0, 0.05) is 28.2 Å². The van der Waals surface area contributed by atoms with Crippen molar-refractivity contribution in [2.75, 3.05) is 4.90 Å². The molecule has 5 nitrogen and oxygen atoms in total. The fourth-order valence-electron chi connectivity index (χ4n) is 7.60. The molecule has 258 valence electrons. The molecule has 0 aliphatic carbocycles. The van der Waals surface area contributed by atoms with Crippen molar-refractivity contribution in [1.29, 1.82) is 0 Å². The smallest absolute Gasteiger partial charge is 0.227 e. The Balaban J connectivity index is 0.986. The summed E-state index contributed by atoms with van der Waals surface area (Å²) < 4.78 is 21.4. The number of rotatable bonds is 6. The maximum atomic E-state index is 9.26. The van der Waals surface area contributed by atoms with Gasteiger partial charge in [0.25, 0.3) is 0 Å². The van der Waals surface area contributed by atoms with Gasteiger partial charge in [-0.25, -0.2) is 9.97 Å². The number of nitrogens with zero attached hydrogens (tertiary/aromatic N) is 3. The van der Waals surface area contributed by atoms with Crippen molar-refractivity contribution in [2.24, 2.45) is 0 Å². The van der Waals surface area contributed by atoms with Crippen LogP contribution in [0.5, 0.6) is 0 Å². The van der Waals surface area contributed by atoms with Gasteiger partial charge in [0.15, 0.2) is 11.2 Å². The predicted octanol–water partition coefficient (Wildman–Crippen LogP) is 13.9. The quantitative estimate of drug-likeness (QED) is 0.161. The lowest BCUT2D eigenvalue weighted by Crippen LogP contribution is -2.09. The van der Waals surface area contributed by atoms with Gasteiger partial charge in [0.1, 0.15) is 11.0 Å². The molecule has 0 fully saturated rings. The molecule has 0 N–H and O–H groups in total. The van der Waals surface area contributed by atoms with Crippen molar-refractivity contribution in [1.82, 2.24) is 9.97 Å². The van der Waals surface area contributed by atoms with Crippen LogP contribution < -0.4 is 4.90 Å². The van der Waals surface area contributed by atoms with Crippen LogP contribution in [0, 0.1) is 0 Å². The molecule has 0 spiro atoms. The van der Waals surface area contributed by atoms with Crippen LogP contribution in [0.3, 0.4) is 0 Å². The second kappa shape index (κ2) is 12.6. The summed E-state index contributed by atoms with van der Waals surface area (Å²) in [6.45, 7) is 0. The fraction of sp³-hybridized carbons (Fsp3) is 0. The molecule has 55 heavy (non-hydrogen) atoms. The lowest BCUT2D eigenvalue weighted by molar-refractivity contribution is 0.619. The minimum atomic E-state index is 0.468. The second-order valence-corrected chi connectivity index (χ2v) is 13.8. The number of fused-ring (bicyclic) bond motifs is 6. The van der Waals surface area contributed by atoms with Gasteiger partial charge in [-0.15, -0.1) is 0 Å². The van der Waals surface area contributed by atoms with Crippen LogP contribution in [0.4, 0.5) is 17.1 Å². The van der Waals surface area contributed by atoms with Crippen molar-refractivity contribution < 1.29 is 10.2 Å². The van der Waals surface area contributed by atoms with E-state index in [1.807, 2.05) is 78.9 Å². The molecule has 9 aromatic carbocycles. The zero-order valence-electron chi connectivity index (χ0n) is 30.5. The normalized spacial score (nSPS) is 11.9. The Morgan fingerprint density at radius 3 is 1.56 bits per heavy atom. The largest absolute Gasteiger partial charge is 0.436 e. The summed E-state index contributed by atoms with van der Waals surface area (Å²) in [7, 11) is 0. The monoisotopic (exact) mass is 706 g/mol. The minimum absolute atomic E-state index is 0.468. The van der Waals surface area contributed by atoms with E-state index in [0.717, 1.165) is 72.3 Å². The van der Waals surface area contributed by atoms with E-state index in [0.29, 0.717) is 17.8 Å². The lowest BCUT2D eigenvalue weighted by atomic mass is 9.96. The van der Waals surface area contributed by atoms with Crippen molar-refractivity contribution in [3.63, 3.8) is 0 Å². The molecule has 0 radical (unpaired) electrons. The Labute approximate surface area is 317 Å². The molecule has 0 atom stereocenters. The molecule has 0 bridgehead atoms. The Bertz CT molecular complexity index is 3090. The van der Waals surface area contributed by atoms with E-state index >= 15 is 0 Å². The van der Waals surface area contributed by atoms with Crippen LogP contribution in [0.25, 0.3) is 88.6 Å². The molecule has 2 aromatic heterocycles. The highest BCUT2D eigenvalue weighted by Crippen LogP contribution is 2.39. The second-order valence-electron chi connectivity index (χ2n) is 13.8. The predicted molar refractivity (Wildman–Crippen MR) is 225 cm³/mol. The molecule has 2 heterocycles. The zero-order valence-corrected chi connectivity index (χ0v) is 29.5. The van der Waals surface area contributed by atoms with E-state index in [1.165, 1.54) is 21.5 Å². The third kappa shape index (κ3) is 5.49. The number of hydrogen-bond donors (Lipinski definition) is 0. The molecule has 0 aliphatic rings. The third-order valence-corrected chi connectivity index (χ3v) is 10.4. The average molecular weight is 707 g/mol. The van der Waals surface area contributed by atoms with E-state index in [2.05, 4.69) is 108 Å². The maximum absolute atomic E-state index is 9.26. The van der Waals surface area contributed by atoms with Gasteiger partial charge >= 0.3 is 0 Å². The van der Waals surface area contributed by atoms with E-state index in [1.54, 1.807) is 0 Å². The molecule has 0 unspecified atom stereocenters. The molecule has 0 saturated carbocycles. The Kier molecular flexibility index (Phi) is 6.86. The topological polar surface area (TPSA) is 55.3 Å². The summed E-state index contributed by atoms with van der Waals surface area (Å²) in [6.07, 6.45) is 0. The average Bonchev–Trinajstić information content (AvgIpc) is 3.89. The number of oxazole rings is 2. The van der Waals surface area contributed by atoms with Crippen LogP contribution in [0.2, 0.25) is 0 Å². The molecule has 0 aliphatic heterocycles. The number of para-hydroxylation sites is 4. The maximum Gasteiger partial charge on any atom is 0.227 e. The highest BCUT2D eigenvalue weighted by atomic mass is 16.4. The molecule has 11 aromatic rings. The van der Waals surface area contributed by atoms with E-state index in [-0.39, 0.29) is 0 Å². The van der Waals surface area contributed by atoms with Crippen molar-refractivity contribution in [3.05, 3.63) is 188 Å². The summed E-state index contributed by atoms with van der Waals surface area (Å²) in [6, 6.07) is 62.5. The van der Waals surface area contributed by atoms with Gasteiger partial charge in [-0.2, -0.15) is 0 Å². The van der Waals surface area contributed by atoms with Gasteiger partial charge in [-0.3, -0.25) is 0 Å². The van der Waals surface area contributed by atoms with Crippen molar-refractivity contribution in [2.45, 2.75) is 0 Å². The Morgan fingerprint density at radius 1 is 0.382 bits per heavy atom. The number of benzene rings is 9. The Hall–Kier alpha value is -7.50. The SMILES string of the molecule is [2H]c1cc(-c2ccc3c(ccc4ccccc43)c2)cc2ccc(N(c3ccc(-c4nc5ccccc5o4)cc3)c3ccc(-c4nc5ccccc5o4)cc3)cc12. The standard InChI is InChI=1S/C50H31N3O2/c1-2-8-43-32(7-1)13-16-39-30-37(22-28-44(39)43)35-14-15-38-31-42(27-21-36(38)29-35)53(40-23-17-33(18-24-40)49-51-45-9-3-5-11-47(45)54-49)41-25-19-34(20-26-41)50-52-46-10-4-6-12-48(46)55-50/h1-31H/i15D. The number of hydrogen-bond acceptors (Lipinski definition) is 5. The zero-order chi connectivity index (χ0) is 37.2. The molecule has 5 heteroatoms. The van der Waals surface area contributed by atoms with Crippen LogP contribution in [0.1, 0.15) is 1.37 Å². The highest BCUT2D eigenvalue weighted by molar-refractivity contribution is 6.08. The van der Waals surface area contributed by atoms with Crippen molar-refractivity contribution in [3.8, 4) is 34.0 Å². The van der Waals surface area contributed by atoms with E-state index in [4.69, 9.17) is 18.8 Å². The van der Waals surface area contributed by atoms with E-state index < -0.39 is 0 Å². The summed E-state index contributed by atoms with van der Waals surface area (Å²) >= 11 is 0. The van der Waals surface area contributed by atoms with Gasteiger partial charge in [0.2, 0.25) is 11.8 Å². The van der Waals surface area contributed by atoms with Gasteiger partial charge in [0.05, 0.1) is 1.37 Å². The first kappa shape index (κ1) is 30.0. The summed E-state index contributed by atoms with van der Waals surface area (Å²) in [5, 5.41) is 6.77. The number of aromatic nitrogens is 2. The number of anilines is 3. The summed E-state index contributed by atoms with van der Waals surface area (Å²) in [5.74, 6) is 1.15. The highest BCUT2D eigenvalue weighted by Gasteiger charge is 2.17. The van der Waals surface area contributed by atoms with Crippen molar-refractivity contribution >= 4 is 71.6 Å². The van der Waals surface area contributed by atoms with Crippen LogP contribution in [-0.2, 0) is 0 Å². The first-order valence-electron chi connectivity index (χ1n) is 18.8. The summed E-state index contributed by atoms with van der Waals surface area (Å²) in [4.78, 5) is 11.6. The molecular weight excluding hydrogens is 675 g/mol. The first-order chi connectivity index (χ1) is 27.6. The third-order valence-electron chi connectivity index (χ3n) is 10.4. The molecule has 11 rings (SSSR count). The van der Waals surface area contributed by atoms with Gasteiger partial charge in [-0.1, -0.05) is 91.0 Å².